The third kappa shape index (κ3) is 1.81. The molecule has 78 valence electrons. The van der Waals surface area contributed by atoms with Gasteiger partial charge < -0.3 is 15.5 Å². The molecule has 5 heteroatoms. The van der Waals surface area contributed by atoms with Crippen LogP contribution in [0.5, 0.6) is 0 Å². The van der Waals surface area contributed by atoms with Crippen LogP contribution in [-0.2, 0) is 4.79 Å². The Kier molecular flexibility index (Phi) is 2.31. The van der Waals surface area contributed by atoms with Gasteiger partial charge in [-0.3, -0.25) is 4.79 Å². The first kappa shape index (κ1) is 9.30. The van der Waals surface area contributed by atoms with Crippen molar-refractivity contribution in [3.8, 4) is 0 Å². The molecule has 1 aliphatic heterocycles. The van der Waals surface area contributed by atoms with Crippen LogP contribution < -0.4 is 10.6 Å². The van der Waals surface area contributed by atoms with Gasteiger partial charge in [-0.2, -0.15) is 0 Å². The third-order valence-corrected chi connectivity index (χ3v) is 2.68. The highest BCUT2D eigenvalue weighted by Gasteiger charge is 2.39. The van der Waals surface area contributed by atoms with Crippen LogP contribution >= 0.6 is 0 Å². The Morgan fingerprint density at radius 2 is 1.93 bits per heavy atom. The first-order valence-corrected chi connectivity index (χ1v) is 4.97. The maximum Gasteiger partial charge on any atom is 0.314 e. The van der Waals surface area contributed by atoms with Gasteiger partial charge in [0.15, 0.2) is 0 Å². The number of likely N-dealkylation sites (tertiary alicyclic amines) is 1. The number of hydrogen-bond acceptors (Lipinski definition) is 2. The van der Waals surface area contributed by atoms with E-state index in [1.807, 2.05) is 4.90 Å². The molecule has 1 saturated carbocycles. The van der Waals surface area contributed by atoms with Crippen molar-refractivity contribution in [2.75, 3.05) is 20.1 Å². The topological polar surface area (TPSA) is 61.4 Å². The van der Waals surface area contributed by atoms with Crippen LogP contribution in [0.1, 0.15) is 12.8 Å². The van der Waals surface area contributed by atoms with Crippen molar-refractivity contribution in [2.24, 2.45) is 5.92 Å². The summed E-state index contributed by atoms with van der Waals surface area (Å²) in [5.74, 6) is 0.552. The Morgan fingerprint density at radius 3 is 2.43 bits per heavy atom. The number of carbonyl (C=O) groups excluding carboxylic acids is 2. The third-order valence-electron chi connectivity index (χ3n) is 2.68. The lowest BCUT2D eigenvalue weighted by atomic mass is 10.1. The highest BCUT2D eigenvalue weighted by atomic mass is 16.2. The minimum absolute atomic E-state index is 0.137. The second-order valence-electron chi connectivity index (χ2n) is 3.94. The van der Waals surface area contributed by atoms with Crippen LogP contribution in [-0.4, -0.2) is 43.0 Å². The molecule has 0 aromatic heterocycles. The molecule has 0 aromatic rings. The molecule has 0 spiro atoms. The fourth-order valence-electron chi connectivity index (χ4n) is 1.60. The molecule has 0 radical (unpaired) electrons. The van der Waals surface area contributed by atoms with E-state index in [0.717, 1.165) is 12.8 Å². The summed E-state index contributed by atoms with van der Waals surface area (Å²) < 4.78 is 0. The van der Waals surface area contributed by atoms with E-state index >= 15 is 0 Å². The Labute approximate surface area is 82.8 Å². The zero-order chi connectivity index (χ0) is 10.1. The highest BCUT2D eigenvalue weighted by molar-refractivity contribution is 5.82. The molecule has 0 unspecified atom stereocenters. The van der Waals surface area contributed by atoms with E-state index in [9.17, 15) is 9.59 Å². The van der Waals surface area contributed by atoms with Crippen LogP contribution in [0.25, 0.3) is 0 Å². The first-order valence-electron chi connectivity index (χ1n) is 4.97. The summed E-state index contributed by atoms with van der Waals surface area (Å²) in [6, 6.07) is -0.0360. The van der Waals surface area contributed by atoms with Crippen molar-refractivity contribution in [2.45, 2.75) is 18.9 Å². The summed E-state index contributed by atoms with van der Waals surface area (Å²) >= 11 is 0. The van der Waals surface area contributed by atoms with Crippen molar-refractivity contribution in [1.82, 2.24) is 15.5 Å². The zero-order valence-electron chi connectivity index (χ0n) is 8.25. The van der Waals surface area contributed by atoms with Gasteiger partial charge in [0.1, 0.15) is 0 Å². The standard InChI is InChI=1S/C9H15N3O2/c1-10-9(14)11-7-4-12(5-7)8(13)6-2-3-6/h6-7H,2-5H2,1H3,(H2,10,11,14). The molecule has 1 heterocycles. The summed E-state index contributed by atoms with van der Waals surface area (Å²) in [4.78, 5) is 24.2. The molecule has 2 aliphatic rings. The average molecular weight is 197 g/mol. The number of rotatable bonds is 2. The normalized spacial score (nSPS) is 21.4. The SMILES string of the molecule is CNC(=O)NC1CN(C(=O)C2CC2)C1. The van der Waals surface area contributed by atoms with E-state index in [0.29, 0.717) is 13.1 Å². The second-order valence-corrected chi connectivity index (χ2v) is 3.94. The van der Waals surface area contributed by atoms with Crippen molar-refractivity contribution < 1.29 is 9.59 Å². The fraction of sp³-hybridized carbons (Fsp3) is 0.778. The van der Waals surface area contributed by atoms with Crippen molar-refractivity contribution in [3.63, 3.8) is 0 Å². The summed E-state index contributed by atoms with van der Waals surface area (Å²) in [6.45, 7) is 1.34. The van der Waals surface area contributed by atoms with Crippen LogP contribution in [0.4, 0.5) is 4.79 Å². The molecule has 0 aromatic carbocycles. The van der Waals surface area contributed by atoms with Crippen molar-refractivity contribution in [3.05, 3.63) is 0 Å². The quantitative estimate of drug-likeness (QED) is 0.629. The van der Waals surface area contributed by atoms with E-state index in [-0.39, 0.29) is 23.9 Å². The van der Waals surface area contributed by atoms with E-state index < -0.39 is 0 Å². The molecule has 1 aliphatic carbocycles. The van der Waals surface area contributed by atoms with Gasteiger partial charge >= 0.3 is 6.03 Å². The van der Waals surface area contributed by atoms with Crippen molar-refractivity contribution in [1.29, 1.82) is 0 Å². The molecule has 2 N–H and O–H groups in total. The van der Waals surface area contributed by atoms with Gasteiger partial charge in [0, 0.05) is 26.1 Å². The largest absolute Gasteiger partial charge is 0.341 e. The van der Waals surface area contributed by atoms with Crippen molar-refractivity contribution >= 4 is 11.9 Å². The predicted octanol–water partition coefficient (Wildman–Crippen LogP) is -0.464. The minimum atomic E-state index is -0.173. The summed E-state index contributed by atoms with van der Waals surface area (Å²) in [7, 11) is 1.58. The zero-order valence-corrected chi connectivity index (χ0v) is 8.25. The molecular formula is C9H15N3O2. The molecule has 1 saturated heterocycles. The molecular weight excluding hydrogens is 182 g/mol. The Balaban J connectivity index is 1.68. The maximum atomic E-state index is 11.5. The van der Waals surface area contributed by atoms with Crippen LogP contribution in [0.3, 0.4) is 0 Å². The van der Waals surface area contributed by atoms with E-state index in [4.69, 9.17) is 0 Å². The lowest BCUT2D eigenvalue weighted by Gasteiger charge is -2.39. The number of nitrogens with one attached hydrogen (secondary N) is 2. The monoisotopic (exact) mass is 197 g/mol. The van der Waals surface area contributed by atoms with Crippen LogP contribution in [0, 0.1) is 5.92 Å². The molecule has 3 amide bonds. The van der Waals surface area contributed by atoms with Gasteiger partial charge in [0.25, 0.3) is 0 Å². The second kappa shape index (κ2) is 3.48. The minimum Gasteiger partial charge on any atom is -0.341 e. The van der Waals surface area contributed by atoms with E-state index in [2.05, 4.69) is 10.6 Å². The molecule has 2 fully saturated rings. The number of carbonyl (C=O) groups is 2. The lowest BCUT2D eigenvalue weighted by Crippen LogP contribution is -2.62. The van der Waals surface area contributed by atoms with Gasteiger partial charge in [-0.1, -0.05) is 0 Å². The summed E-state index contributed by atoms with van der Waals surface area (Å²) in [5, 5.41) is 5.26. The number of nitrogens with zero attached hydrogens (tertiary/aromatic N) is 1. The fourth-order valence-corrected chi connectivity index (χ4v) is 1.60. The van der Waals surface area contributed by atoms with E-state index in [1.54, 1.807) is 7.05 Å². The highest BCUT2D eigenvalue weighted by Crippen LogP contribution is 2.32. The summed E-state index contributed by atoms with van der Waals surface area (Å²) in [5.41, 5.74) is 0. The van der Waals surface area contributed by atoms with Gasteiger partial charge in [0.2, 0.25) is 5.91 Å². The smallest absolute Gasteiger partial charge is 0.314 e. The molecule has 5 nitrogen and oxygen atoms in total. The van der Waals surface area contributed by atoms with Gasteiger partial charge in [0.05, 0.1) is 6.04 Å². The summed E-state index contributed by atoms with van der Waals surface area (Å²) in [6.07, 6.45) is 2.09. The molecule has 0 atom stereocenters. The molecule has 0 bridgehead atoms. The van der Waals surface area contributed by atoms with Gasteiger partial charge in [-0.25, -0.2) is 4.79 Å². The lowest BCUT2D eigenvalue weighted by molar-refractivity contribution is -0.137. The number of urea groups is 1. The maximum absolute atomic E-state index is 11.5. The Morgan fingerprint density at radius 1 is 1.29 bits per heavy atom. The Bertz CT molecular complexity index is 257. The number of hydrogen-bond donors (Lipinski definition) is 2. The Hall–Kier alpha value is -1.26. The van der Waals surface area contributed by atoms with Crippen LogP contribution in [0.15, 0.2) is 0 Å². The van der Waals surface area contributed by atoms with E-state index in [1.165, 1.54) is 0 Å². The first-order chi connectivity index (χ1) is 6.70. The predicted molar refractivity (Wildman–Crippen MR) is 50.7 cm³/mol. The van der Waals surface area contributed by atoms with Gasteiger partial charge in [-0.05, 0) is 12.8 Å². The number of amides is 3. The molecule has 14 heavy (non-hydrogen) atoms. The average Bonchev–Trinajstić information content (AvgIpc) is 2.91. The molecule has 2 rings (SSSR count). The van der Waals surface area contributed by atoms with Gasteiger partial charge in [-0.15, -0.1) is 0 Å². The van der Waals surface area contributed by atoms with Crippen LogP contribution in [0.2, 0.25) is 0 Å².